The molecule has 0 saturated carbocycles. The van der Waals surface area contributed by atoms with Crippen molar-refractivity contribution in [2.24, 2.45) is 0 Å². The van der Waals surface area contributed by atoms with E-state index in [4.69, 9.17) is 4.52 Å². The molecule has 1 N–H and O–H groups in total. The van der Waals surface area contributed by atoms with Gasteiger partial charge in [0.15, 0.2) is 0 Å². The molecule has 0 fully saturated rings. The summed E-state index contributed by atoms with van der Waals surface area (Å²) in [4.78, 5) is 14.6. The van der Waals surface area contributed by atoms with Gasteiger partial charge < -0.3 is 9.42 Å². The number of aromatic amines is 1. The van der Waals surface area contributed by atoms with Gasteiger partial charge in [-0.25, -0.2) is 0 Å². The fourth-order valence-corrected chi connectivity index (χ4v) is 2.93. The predicted octanol–water partition coefficient (Wildman–Crippen LogP) is 3.51. The molecule has 0 spiro atoms. The van der Waals surface area contributed by atoms with Crippen molar-refractivity contribution >= 4 is 5.91 Å². The van der Waals surface area contributed by atoms with E-state index in [1.165, 1.54) is 6.26 Å². The Kier molecular flexibility index (Phi) is 4.20. The average Bonchev–Trinajstić information content (AvgIpc) is 3.21. The van der Waals surface area contributed by atoms with Crippen LogP contribution in [0.1, 0.15) is 40.3 Å². The van der Waals surface area contributed by atoms with Crippen LogP contribution in [0.3, 0.4) is 0 Å². The summed E-state index contributed by atoms with van der Waals surface area (Å²) in [6.07, 6.45) is 1.41. The van der Waals surface area contributed by atoms with Crippen molar-refractivity contribution < 1.29 is 9.32 Å². The average molecular weight is 324 g/mol. The number of rotatable bonds is 4. The van der Waals surface area contributed by atoms with E-state index >= 15 is 0 Å². The fourth-order valence-electron chi connectivity index (χ4n) is 2.93. The maximum atomic E-state index is 13.0. The third kappa shape index (κ3) is 2.71. The summed E-state index contributed by atoms with van der Waals surface area (Å²) in [5.74, 6) is -0.136. The first kappa shape index (κ1) is 16.0. The Balaban J connectivity index is 1.92. The molecule has 1 amide bonds. The number of nitrogens with one attached hydrogen (secondary N) is 1. The summed E-state index contributed by atoms with van der Waals surface area (Å²) in [5, 5.41) is 11.2. The number of carbonyl (C=O) groups is 1. The minimum atomic E-state index is -0.136. The quantitative estimate of drug-likeness (QED) is 0.797. The van der Waals surface area contributed by atoms with E-state index in [9.17, 15) is 4.79 Å². The highest BCUT2D eigenvalue weighted by Crippen LogP contribution is 2.28. The molecule has 0 saturated heterocycles. The first-order valence-electron chi connectivity index (χ1n) is 7.79. The number of hydrogen-bond donors (Lipinski definition) is 1. The zero-order chi connectivity index (χ0) is 17.3. The molecule has 0 aliphatic carbocycles. The van der Waals surface area contributed by atoms with E-state index in [2.05, 4.69) is 15.4 Å². The number of amides is 1. The molecule has 2 aromatic heterocycles. The molecule has 3 rings (SSSR count). The summed E-state index contributed by atoms with van der Waals surface area (Å²) < 4.78 is 5.07. The number of aryl methyl sites for hydroxylation is 2. The Morgan fingerprint density at radius 3 is 2.58 bits per heavy atom. The van der Waals surface area contributed by atoms with E-state index in [0.29, 0.717) is 11.3 Å². The fraction of sp³-hybridized carbons (Fsp3) is 0.278. The van der Waals surface area contributed by atoms with Crippen LogP contribution in [0.2, 0.25) is 0 Å². The largest absolute Gasteiger partial charge is 0.363 e. The van der Waals surface area contributed by atoms with Crippen molar-refractivity contribution in [3.05, 3.63) is 59.1 Å². The molecule has 1 atom stereocenters. The van der Waals surface area contributed by atoms with Gasteiger partial charge in [0.1, 0.15) is 17.5 Å². The molecule has 124 valence electrons. The third-order valence-electron chi connectivity index (χ3n) is 4.35. The second-order valence-electron chi connectivity index (χ2n) is 5.88. The minimum Gasteiger partial charge on any atom is -0.363 e. The Hall–Kier alpha value is -2.89. The molecule has 0 aliphatic rings. The van der Waals surface area contributed by atoms with Gasteiger partial charge in [0.05, 0.1) is 11.7 Å². The molecule has 24 heavy (non-hydrogen) atoms. The van der Waals surface area contributed by atoms with Crippen molar-refractivity contribution in [1.82, 2.24) is 20.3 Å². The summed E-state index contributed by atoms with van der Waals surface area (Å²) in [5.41, 5.74) is 4.76. The van der Waals surface area contributed by atoms with Gasteiger partial charge in [0.2, 0.25) is 0 Å². The van der Waals surface area contributed by atoms with Gasteiger partial charge in [-0.2, -0.15) is 5.10 Å². The Bertz CT molecular complexity index is 832. The highest BCUT2D eigenvalue weighted by molar-refractivity contribution is 5.99. The molecular formula is C18H20N4O2. The van der Waals surface area contributed by atoms with Crippen LogP contribution >= 0.6 is 0 Å². The van der Waals surface area contributed by atoms with Gasteiger partial charge in [0.25, 0.3) is 5.91 Å². The molecule has 6 heteroatoms. The number of carbonyl (C=O) groups excluding carboxylic acids is 1. The molecule has 0 aliphatic heterocycles. The van der Waals surface area contributed by atoms with Crippen LogP contribution in [0.5, 0.6) is 0 Å². The summed E-state index contributed by atoms with van der Waals surface area (Å²) in [6, 6.07) is 9.43. The number of hydrogen-bond acceptors (Lipinski definition) is 4. The smallest absolute Gasteiger partial charge is 0.259 e. The lowest BCUT2D eigenvalue weighted by atomic mass is 10.0. The lowest BCUT2D eigenvalue weighted by molar-refractivity contribution is 0.0742. The Labute approximate surface area is 140 Å². The zero-order valence-electron chi connectivity index (χ0n) is 14.2. The van der Waals surface area contributed by atoms with Crippen molar-refractivity contribution in [2.75, 3.05) is 7.05 Å². The predicted molar refractivity (Wildman–Crippen MR) is 90.5 cm³/mol. The van der Waals surface area contributed by atoms with Gasteiger partial charge in [-0.1, -0.05) is 35.5 Å². The summed E-state index contributed by atoms with van der Waals surface area (Å²) >= 11 is 0. The molecule has 1 aromatic carbocycles. The number of benzene rings is 1. The lowest BCUT2D eigenvalue weighted by Gasteiger charge is -2.25. The maximum Gasteiger partial charge on any atom is 0.259 e. The van der Waals surface area contributed by atoms with Gasteiger partial charge in [-0.05, 0) is 20.8 Å². The van der Waals surface area contributed by atoms with Gasteiger partial charge in [-0.3, -0.25) is 9.89 Å². The first-order chi connectivity index (χ1) is 11.5. The summed E-state index contributed by atoms with van der Waals surface area (Å²) in [6.45, 7) is 5.87. The van der Waals surface area contributed by atoms with E-state index in [0.717, 1.165) is 22.5 Å². The molecule has 0 bridgehead atoms. The first-order valence-corrected chi connectivity index (χ1v) is 7.79. The standard InChI is InChI=1S/C18H20N4O2/c1-11-16(12(2)20-19-11)13(3)22(4)18(23)15-10-24-21-17(15)14-8-6-5-7-9-14/h5-10,13H,1-4H3,(H,19,20)/t13-/m1/s1. The SMILES string of the molecule is Cc1n[nH]c(C)c1[C@@H](C)N(C)C(=O)c1conc1-c1ccccc1. The molecule has 6 nitrogen and oxygen atoms in total. The van der Waals surface area contributed by atoms with Gasteiger partial charge >= 0.3 is 0 Å². The number of aromatic nitrogens is 3. The lowest BCUT2D eigenvalue weighted by Crippen LogP contribution is -2.30. The molecular weight excluding hydrogens is 304 g/mol. The number of H-pyrrole nitrogens is 1. The van der Waals surface area contributed by atoms with E-state index < -0.39 is 0 Å². The van der Waals surface area contributed by atoms with Crippen molar-refractivity contribution in [3.63, 3.8) is 0 Å². The summed E-state index contributed by atoms with van der Waals surface area (Å²) in [7, 11) is 1.78. The van der Waals surface area contributed by atoms with Crippen molar-refractivity contribution in [1.29, 1.82) is 0 Å². The normalized spacial score (nSPS) is 12.2. The van der Waals surface area contributed by atoms with Crippen molar-refractivity contribution in [3.8, 4) is 11.3 Å². The second-order valence-corrected chi connectivity index (χ2v) is 5.88. The molecule has 0 unspecified atom stereocenters. The monoisotopic (exact) mass is 324 g/mol. The van der Waals surface area contributed by atoms with Gasteiger partial charge in [0, 0.05) is 23.9 Å². The molecule has 3 aromatic rings. The van der Waals surface area contributed by atoms with Crippen LogP contribution in [-0.2, 0) is 0 Å². The van der Waals surface area contributed by atoms with Crippen LogP contribution in [0, 0.1) is 13.8 Å². The van der Waals surface area contributed by atoms with E-state index in [1.807, 2.05) is 51.1 Å². The van der Waals surface area contributed by atoms with Crippen LogP contribution in [0.4, 0.5) is 0 Å². The topological polar surface area (TPSA) is 75.0 Å². The van der Waals surface area contributed by atoms with E-state index in [-0.39, 0.29) is 11.9 Å². The Morgan fingerprint density at radius 2 is 1.96 bits per heavy atom. The number of nitrogens with zero attached hydrogens (tertiary/aromatic N) is 3. The Morgan fingerprint density at radius 1 is 1.25 bits per heavy atom. The van der Waals surface area contributed by atoms with Crippen LogP contribution in [0.25, 0.3) is 11.3 Å². The minimum absolute atomic E-state index is 0.116. The third-order valence-corrected chi connectivity index (χ3v) is 4.35. The molecule has 0 radical (unpaired) electrons. The molecule has 2 heterocycles. The maximum absolute atomic E-state index is 13.0. The second kappa shape index (κ2) is 6.31. The van der Waals surface area contributed by atoms with Crippen molar-refractivity contribution in [2.45, 2.75) is 26.8 Å². The zero-order valence-corrected chi connectivity index (χ0v) is 14.2. The van der Waals surface area contributed by atoms with Crippen LogP contribution in [0.15, 0.2) is 41.1 Å². The van der Waals surface area contributed by atoms with E-state index in [1.54, 1.807) is 11.9 Å². The highest BCUT2D eigenvalue weighted by atomic mass is 16.5. The van der Waals surface area contributed by atoms with Crippen LogP contribution in [-0.4, -0.2) is 33.2 Å². The highest BCUT2D eigenvalue weighted by Gasteiger charge is 2.26. The van der Waals surface area contributed by atoms with Crippen LogP contribution < -0.4 is 0 Å². The van der Waals surface area contributed by atoms with Gasteiger partial charge in [-0.15, -0.1) is 0 Å².